The first-order valence-corrected chi connectivity index (χ1v) is 10.7. The van der Waals surface area contributed by atoms with E-state index in [-0.39, 0.29) is 11.9 Å². The van der Waals surface area contributed by atoms with E-state index in [2.05, 4.69) is 60.7 Å². The van der Waals surface area contributed by atoms with Gasteiger partial charge in [0.2, 0.25) is 5.91 Å². The number of rotatable bonds is 6. The summed E-state index contributed by atoms with van der Waals surface area (Å²) in [6, 6.07) is 2.46. The van der Waals surface area contributed by atoms with Crippen molar-refractivity contribution in [3.63, 3.8) is 0 Å². The average molecular weight is 374 g/mol. The number of carbonyl (C=O) groups is 1. The largest absolute Gasteiger partial charge is 0.335 e. The fourth-order valence-electron chi connectivity index (χ4n) is 4.13. The molecule has 0 saturated heterocycles. The summed E-state index contributed by atoms with van der Waals surface area (Å²) in [5, 5.41) is 6.85. The fourth-order valence-corrected chi connectivity index (χ4v) is 5.06. The third kappa shape index (κ3) is 3.73. The summed E-state index contributed by atoms with van der Waals surface area (Å²) in [7, 11) is 0. The van der Waals surface area contributed by atoms with Gasteiger partial charge >= 0.3 is 0 Å². The molecule has 0 radical (unpaired) electrons. The zero-order valence-corrected chi connectivity index (χ0v) is 17.5. The molecule has 0 aromatic carbocycles. The van der Waals surface area contributed by atoms with Gasteiger partial charge in [-0.3, -0.25) is 9.48 Å². The SMILES string of the molecule is CCC1c2ccsc2CCN1C(=O)CCc1c(C)nn(CC(C)C)c1C. The maximum Gasteiger partial charge on any atom is 0.223 e. The number of aryl methyl sites for hydroxylation is 1. The topological polar surface area (TPSA) is 38.1 Å². The number of thiophene rings is 1. The van der Waals surface area contributed by atoms with Gasteiger partial charge in [0.1, 0.15) is 0 Å². The number of amides is 1. The quantitative estimate of drug-likeness (QED) is 0.737. The number of aromatic nitrogens is 2. The molecule has 0 fully saturated rings. The molecule has 1 aliphatic heterocycles. The Bertz CT molecular complexity index is 774. The van der Waals surface area contributed by atoms with E-state index < -0.39 is 0 Å². The van der Waals surface area contributed by atoms with Gasteiger partial charge in [-0.1, -0.05) is 20.8 Å². The highest BCUT2D eigenvalue weighted by Crippen LogP contribution is 2.35. The molecule has 0 saturated carbocycles. The van der Waals surface area contributed by atoms with Gasteiger partial charge in [-0.15, -0.1) is 11.3 Å². The molecule has 3 heterocycles. The van der Waals surface area contributed by atoms with Crippen LogP contribution in [0.3, 0.4) is 0 Å². The maximum atomic E-state index is 13.0. The Kier molecular flexibility index (Phi) is 5.86. The number of nitrogens with zero attached hydrogens (tertiary/aromatic N) is 3. The summed E-state index contributed by atoms with van der Waals surface area (Å²) >= 11 is 1.83. The monoisotopic (exact) mass is 373 g/mol. The van der Waals surface area contributed by atoms with Crippen LogP contribution in [-0.4, -0.2) is 27.1 Å². The summed E-state index contributed by atoms with van der Waals surface area (Å²) in [6.07, 6.45) is 3.35. The minimum absolute atomic E-state index is 0.253. The smallest absolute Gasteiger partial charge is 0.223 e. The van der Waals surface area contributed by atoms with Crippen LogP contribution in [0.4, 0.5) is 0 Å². The van der Waals surface area contributed by atoms with Crippen LogP contribution in [-0.2, 0) is 24.2 Å². The lowest BCUT2D eigenvalue weighted by Crippen LogP contribution is -2.39. The first kappa shape index (κ1) is 19.2. The van der Waals surface area contributed by atoms with E-state index in [1.54, 1.807) is 0 Å². The molecule has 0 bridgehead atoms. The van der Waals surface area contributed by atoms with E-state index in [1.807, 2.05) is 11.3 Å². The molecule has 0 N–H and O–H groups in total. The zero-order chi connectivity index (χ0) is 18.8. The molecule has 2 aromatic rings. The Morgan fingerprint density at radius 3 is 2.85 bits per heavy atom. The third-order valence-electron chi connectivity index (χ3n) is 5.46. The van der Waals surface area contributed by atoms with Gasteiger partial charge in [-0.25, -0.2) is 0 Å². The second-order valence-corrected chi connectivity index (χ2v) is 8.79. The Morgan fingerprint density at radius 2 is 2.15 bits per heavy atom. The van der Waals surface area contributed by atoms with Crippen molar-refractivity contribution in [3.8, 4) is 0 Å². The molecule has 3 rings (SSSR count). The van der Waals surface area contributed by atoms with Gasteiger partial charge in [0.05, 0.1) is 11.7 Å². The van der Waals surface area contributed by atoms with Gasteiger partial charge in [-0.2, -0.15) is 5.10 Å². The van der Waals surface area contributed by atoms with Crippen LogP contribution < -0.4 is 0 Å². The van der Waals surface area contributed by atoms with E-state index in [9.17, 15) is 4.79 Å². The first-order valence-electron chi connectivity index (χ1n) is 9.81. The van der Waals surface area contributed by atoms with E-state index in [0.29, 0.717) is 12.3 Å². The van der Waals surface area contributed by atoms with Crippen molar-refractivity contribution in [2.45, 2.75) is 72.9 Å². The number of carbonyl (C=O) groups excluding carboxylic acids is 1. The van der Waals surface area contributed by atoms with Crippen molar-refractivity contribution in [1.82, 2.24) is 14.7 Å². The molecule has 1 amide bonds. The summed E-state index contributed by atoms with van der Waals surface area (Å²) in [5.41, 5.74) is 4.91. The average Bonchev–Trinajstić information content (AvgIpc) is 3.17. The number of hydrogen-bond acceptors (Lipinski definition) is 3. The standard InChI is InChI=1S/C21H31N3OS/c1-6-19-18-10-12-26-20(18)9-11-23(19)21(25)8-7-17-15(4)22-24(16(17)5)13-14(2)3/h10,12,14,19H,6-9,11,13H2,1-5H3. The molecular weight excluding hydrogens is 342 g/mol. The minimum Gasteiger partial charge on any atom is -0.335 e. The second kappa shape index (κ2) is 7.95. The lowest BCUT2D eigenvalue weighted by molar-refractivity contribution is -0.134. The van der Waals surface area contributed by atoms with Crippen LogP contribution in [0.25, 0.3) is 0 Å². The Balaban J connectivity index is 1.69. The normalized spacial score (nSPS) is 17.0. The van der Waals surface area contributed by atoms with Crippen molar-refractivity contribution in [2.24, 2.45) is 5.92 Å². The third-order valence-corrected chi connectivity index (χ3v) is 6.46. The van der Waals surface area contributed by atoms with Crippen molar-refractivity contribution in [3.05, 3.63) is 38.8 Å². The summed E-state index contributed by atoms with van der Waals surface area (Å²) in [4.78, 5) is 16.6. The molecule has 1 unspecified atom stereocenters. The number of hydrogen-bond donors (Lipinski definition) is 0. The minimum atomic E-state index is 0.253. The molecular formula is C21H31N3OS. The Hall–Kier alpha value is -1.62. The molecule has 142 valence electrons. The lowest BCUT2D eigenvalue weighted by atomic mass is 9.97. The van der Waals surface area contributed by atoms with Crippen molar-refractivity contribution in [1.29, 1.82) is 0 Å². The second-order valence-electron chi connectivity index (χ2n) is 7.79. The molecule has 4 nitrogen and oxygen atoms in total. The zero-order valence-electron chi connectivity index (χ0n) is 16.7. The van der Waals surface area contributed by atoms with Crippen LogP contribution in [0.2, 0.25) is 0 Å². The van der Waals surface area contributed by atoms with Crippen LogP contribution in [0.5, 0.6) is 0 Å². The predicted octanol–water partition coefficient (Wildman–Crippen LogP) is 4.69. The lowest BCUT2D eigenvalue weighted by Gasteiger charge is -2.35. The highest BCUT2D eigenvalue weighted by atomic mass is 32.1. The van der Waals surface area contributed by atoms with Gasteiger partial charge in [0, 0.05) is 30.1 Å². The highest BCUT2D eigenvalue weighted by molar-refractivity contribution is 7.10. The van der Waals surface area contributed by atoms with Gasteiger partial charge < -0.3 is 4.90 Å². The summed E-state index contributed by atoms with van der Waals surface area (Å²) in [5.74, 6) is 0.852. The fraction of sp³-hybridized carbons (Fsp3) is 0.619. The molecule has 0 spiro atoms. The van der Waals surface area contributed by atoms with E-state index >= 15 is 0 Å². The van der Waals surface area contributed by atoms with Gasteiger partial charge in [0.15, 0.2) is 0 Å². The molecule has 2 aromatic heterocycles. The molecule has 1 atom stereocenters. The Labute approximate surface area is 161 Å². The molecule has 0 aliphatic carbocycles. The van der Waals surface area contributed by atoms with Crippen LogP contribution in [0.15, 0.2) is 11.4 Å². The van der Waals surface area contributed by atoms with Crippen molar-refractivity contribution >= 4 is 17.2 Å². The highest BCUT2D eigenvalue weighted by Gasteiger charge is 2.30. The van der Waals surface area contributed by atoms with Crippen LogP contribution in [0, 0.1) is 19.8 Å². The molecule has 5 heteroatoms. The van der Waals surface area contributed by atoms with Crippen molar-refractivity contribution < 1.29 is 4.79 Å². The van der Waals surface area contributed by atoms with Gasteiger partial charge in [-0.05, 0) is 61.6 Å². The van der Waals surface area contributed by atoms with E-state index in [4.69, 9.17) is 0 Å². The van der Waals surface area contributed by atoms with E-state index in [1.165, 1.54) is 21.7 Å². The van der Waals surface area contributed by atoms with E-state index in [0.717, 1.165) is 38.0 Å². The summed E-state index contributed by atoms with van der Waals surface area (Å²) in [6.45, 7) is 12.6. The van der Waals surface area contributed by atoms with Gasteiger partial charge in [0.25, 0.3) is 0 Å². The van der Waals surface area contributed by atoms with Crippen LogP contribution >= 0.6 is 11.3 Å². The molecule has 1 aliphatic rings. The Morgan fingerprint density at radius 1 is 1.38 bits per heavy atom. The van der Waals surface area contributed by atoms with Crippen molar-refractivity contribution in [2.75, 3.05) is 6.54 Å². The first-order chi connectivity index (χ1) is 12.4. The maximum absolute atomic E-state index is 13.0. The predicted molar refractivity (Wildman–Crippen MR) is 108 cm³/mol. The number of fused-ring (bicyclic) bond motifs is 1. The van der Waals surface area contributed by atoms with Crippen LogP contribution in [0.1, 0.15) is 67.0 Å². The molecule has 26 heavy (non-hydrogen) atoms. The summed E-state index contributed by atoms with van der Waals surface area (Å²) < 4.78 is 2.10.